The van der Waals surface area contributed by atoms with Crippen LogP contribution in [0.5, 0.6) is 5.75 Å². The van der Waals surface area contributed by atoms with E-state index in [1.165, 1.54) is 13.8 Å². The van der Waals surface area contributed by atoms with Crippen LogP contribution in [0.15, 0.2) is 41.6 Å². The fourth-order valence-electron chi connectivity index (χ4n) is 3.85. The Bertz CT molecular complexity index is 1290. The Kier molecular flexibility index (Phi) is 6.38. The second kappa shape index (κ2) is 9.06. The first-order chi connectivity index (χ1) is 15.2. The molecule has 9 heteroatoms. The van der Waals surface area contributed by atoms with Gasteiger partial charge in [-0.15, -0.1) is 0 Å². The molecule has 1 aromatic heterocycles. The van der Waals surface area contributed by atoms with Crippen molar-refractivity contribution in [2.75, 3.05) is 0 Å². The third kappa shape index (κ3) is 4.58. The zero-order valence-corrected chi connectivity index (χ0v) is 19.4. The van der Waals surface area contributed by atoms with Crippen LogP contribution in [-0.4, -0.2) is 22.6 Å². The maximum absolute atomic E-state index is 11.9. The van der Waals surface area contributed by atoms with Crippen molar-refractivity contribution in [1.29, 1.82) is 0 Å². The van der Waals surface area contributed by atoms with Crippen LogP contribution in [-0.2, 0) is 20.8 Å². The predicted molar refractivity (Wildman–Crippen MR) is 124 cm³/mol. The maximum Gasteiger partial charge on any atom is 0.331 e. The summed E-state index contributed by atoms with van der Waals surface area (Å²) in [6, 6.07) is 10.4. The van der Waals surface area contributed by atoms with Crippen molar-refractivity contribution in [3.05, 3.63) is 68.3 Å². The second-order valence-electron chi connectivity index (χ2n) is 7.41. The highest BCUT2D eigenvalue weighted by Gasteiger charge is 2.32. The summed E-state index contributed by atoms with van der Waals surface area (Å²) in [6.07, 6.45) is 0.881. The molecule has 0 saturated heterocycles. The molecule has 0 aliphatic heterocycles. The lowest BCUT2D eigenvalue weighted by molar-refractivity contribution is -0.141. The van der Waals surface area contributed by atoms with E-state index in [0.717, 1.165) is 5.56 Å². The van der Waals surface area contributed by atoms with Gasteiger partial charge >= 0.3 is 11.9 Å². The zero-order valence-electron chi connectivity index (χ0n) is 17.1. The number of rotatable bonds is 3. The van der Waals surface area contributed by atoms with E-state index in [4.69, 9.17) is 49.4 Å². The summed E-state index contributed by atoms with van der Waals surface area (Å²) < 4.78 is 5.60. The number of ether oxygens (including phenoxy) is 1. The van der Waals surface area contributed by atoms with Gasteiger partial charge in [-0.3, -0.25) is 9.78 Å². The van der Waals surface area contributed by atoms with Gasteiger partial charge in [-0.1, -0.05) is 46.0 Å². The fraction of sp³-hybridized carbons (Fsp3) is 0.217. The number of aromatic nitrogens is 1. The number of nitrogens with zero attached hydrogens (tertiary/aromatic N) is 2. The van der Waals surface area contributed by atoms with E-state index in [1.54, 1.807) is 30.3 Å². The number of oxime groups is 1. The Morgan fingerprint density at radius 2 is 1.72 bits per heavy atom. The first-order valence-electron chi connectivity index (χ1n) is 9.73. The number of pyridine rings is 1. The molecule has 164 valence electrons. The largest absolute Gasteiger partial charge is 0.425 e. The lowest BCUT2D eigenvalue weighted by atomic mass is 9.80. The van der Waals surface area contributed by atoms with Gasteiger partial charge in [0.25, 0.3) is 0 Å². The zero-order chi connectivity index (χ0) is 23.0. The van der Waals surface area contributed by atoms with Gasteiger partial charge in [0.05, 0.1) is 22.5 Å². The second-order valence-corrected chi connectivity index (χ2v) is 8.69. The number of benzene rings is 2. The SMILES string of the molecule is CC(=O)O/N=C1\CC(c2ccc(Cl)cc2Cl)Cc2nc3ccc(Cl)cc3c(OC(C)=O)c21. The Balaban J connectivity index is 1.95. The molecule has 0 fully saturated rings. The first-order valence-corrected chi connectivity index (χ1v) is 10.9. The van der Waals surface area contributed by atoms with Gasteiger partial charge in [-0.05, 0) is 48.2 Å². The van der Waals surface area contributed by atoms with Crippen LogP contribution in [0.3, 0.4) is 0 Å². The van der Waals surface area contributed by atoms with Crippen LogP contribution in [0.1, 0.15) is 43.0 Å². The topological polar surface area (TPSA) is 77.8 Å². The molecule has 1 heterocycles. The van der Waals surface area contributed by atoms with Crippen molar-refractivity contribution in [3.8, 4) is 5.75 Å². The monoisotopic (exact) mass is 490 g/mol. The molecular formula is C23H17Cl3N2O4. The molecule has 1 aliphatic carbocycles. The maximum atomic E-state index is 11.9. The molecule has 4 rings (SSSR count). The number of halogens is 3. The van der Waals surface area contributed by atoms with Crippen LogP contribution in [0.2, 0.25) is 15.1 Å². The van der Waals surface area contributed by atoms with E-state index >= 15 is 0 Å². The van der Waals surface area contributed by atoms with Crippen molar-refractivity contribution in [3.63, 3.8) is 0 Å². The van der Waals surface area contributed by atoms with Gasteiger partial charge in [0.15, 0.2) is 5.75 Å². The summed E-state index contributed by atoms with van der Waals surface area (Å²) in [5.74, 6) is -0.901. The number of esters is 1. The summed E-state index contributed by atoms with van der Waals surface area (Å²) in [6.45, 7) is 2.57. The van der Waals surface area contributed by atoms with E-state index in [2.05, 4.69) is 5.16 Å². The molecule has 1 atom stereocenters. The normalized spacial score (nSPS) is 16.7. The minimum atomic E-state index is -0.573. The number of carbonyl (C=O) groups is 2. The Morgan fingerprint density at radius 3 is 2.41 bits per heavy atom. The van der Waals surface area contributed by atoms with E-state index < -0.39 is 11.9 Å². The summed E-state index contributed by atoms with van der Waals surface area (Å²) >= 11 is 18.7. The summed E-state index contributed by atoms with van der Waals surface area (Å²) in [4.78, 5) is 33.2. The molecule has 1 unspecified atom stereocenters. The highest BCUT2D eigenvalue weighted by atomic mass is 35.5. The molecule has 0 amide bonds. The fourth-order valence-corrected chi connectivity index (χ4v) is 4.58. The average molecular weight is 492 g/mol. The third-order valence-corrected chi connectivity index (χ3v) is 5.87. The van der Waals surface area contributed by atoms with E-state index in [-0.39, 0.29) is 11.7 Å². The number of hydrogen-bond acceptors (Lipinski definition) is 6. The minimum Gasteiger partial charge on any atom is -0.425 e. The van der Waals surface area contributed by atoms with Crippen molar-refractivity contribution < 1.29 is 19.2 Å². The molecule has 1 aliphatic rings. The Morgan fingerprint density at radius 1 is 1.00 bits per heavy atom. The smallest absolute Gasteiger partial charge is 0.331 e. The molecule has 0 saturated carbocycles. The Hall–Kier alpha value is -2.67. The standard InChI is InChI=1S/C23H17Cl3N2O4/c1-11(29)31-23-17-9-14(24)4-6-19(17)27-20-7-13(16-5-3-15(25)10-18(16)26)8-21(22(20)23)28-32-12(2)30/h3-6,9-10,13H,7-8H2,1-2H3/b28-21+. The van der Waals surface area contributed by atoms with E-state index in [1.807, 2.05) is 6.07 Å². The van der Waals surface area contributed by atoms with Crippen LogP contribution >= 0.6 is 34.8 Å². The molecule has 3 aromatic rings. The van der Waals surface area contributed by atoms with Gasteiger partial charge in [0.2, 0.25) is 0 Å². The van der Waals surface area contributed by atoms with Crippen molar-refractivity contribution in [2.45, 2.75) is 32.6 Å². The van der Waals surface area contributed by atoms with Gasteiger partial charge in [-0.2, -0.15) is 0 Å². The molecule has 0 N–H and O–H groups in total. The number of carbonyl (C=O) groups excluding carboxylic acids is 2. The molecule has 0 radical (unpaired) electrons. The van der Waals surface area contributed by atoms with Gasteiger partial charge in [-0.25, -0.2) is 4.79 Å². The van der Waals surface area contributed by atoms with Crippen molar-refractivity contribution >= 4 is 63.4 Å². The summed E-state index contributed by atoms with van der Waals surface area (Å²) in [5.41, 5.74) is 3.05. The third-order valence-electron chi connectivity index (χ3n) is 5.07. The van der Waals surface area contributed by atoms with Crippen LogP contribution in [0, 0.1) is 0 Å². The van der Waals surface area contributed by atoms with E-state index in [0.29, 0.717) is 55.8 Å². The quantitative estimate of drug-likeness (QED) is 0.251. The molecule has 2 aromatic carbocycles. The van der Waals surface area contributed by atoms with Crippen LogP contribution < -0.4 is 4.74 Å². The van der Waals surface area contributed by atoms with Gasteiger partial charge < -0.3 is 9.57 Å². The van der Waals surface area contributed by atoms with Crippen LogP contribution in [0.4, 0.5) is 0 Å². The van der Waals surface area contributed by atoms with Gasteiger partial charge in [0, 0.05) is 40.7 Å². The van der Waals surface area contributed by atoms with Crippen LogP contribution in [0.25, 0.3) is 10.9 Å². The predicted octanol–water partition coefficient (Wildman–Crippen LogP) is 6.12. The van der Waals surface area contributed by atoms with Gasteiger partial charge in [0.1, 0.15) is 0 Å². The lowest BCUT2D eigenvalue weighted by Gasteiger charge is -2.28. The van der Waals surface area contributed by atoms with Crippen molar-refractivity contribution in [2.24, 2.45) is 5.16 Å². The first kappa shape index (κ1) is 22.5. The number of hydrogen-bond donors (Lipinski definition) is 0. The highest BCUT2D eigenvalue weighted by Crippen LogP contribution is 2.42. The number of fused-ring (bicyclic) bond motifs is 2. The average Bonchev–Trinajstić information content (AvgIpc) is 2.71. The minimum absolute atomic E-state index is 0.107. The van der Waals surface area contributed by atoms with Crippen molar-refractivity contribution in [1.82, 2.24) is 4.98 Å². The summed E-state index contributed by atoms with van der Waals surface area (Å²) in [7, 11) is 0. The molecule has 6 nitrogen and oxygen atoms in total. The highest BCUT2D eigenvalue weighted by molar-refractivity contribution is 6.35. The summed E-state index contributed by atoms with van der Waals surface area (Å²) in [5, 5.41) is 6.15. The Labute approximate surface area is 199 Å². The molecule has 32 heavy (non-hydrogen) atoms. The molecule has 0 spiro atoms. The molecule has 0 bridgehead atoms. The van der Waals surface area contributed by atoms with E-state index in [9.17, 15) is 9.59 Å². The molecular weight excluding hydrogens is 475 g/mol. The lowest BCUT2D eigenvalue weighted by Crippen LogP contribution is -2.23.